The minimum Gasteiger partial charge on any atom is -0.506 e. The Balaban J connectivity index is 2.56. The number of phenols is 2. The lowest BCUT2D eigenvalue weighted by Gasteiger charge is -2.33. The largest absolute Gasteiger partial charge is 0.506 e. The van der Waals surface area contributed by atoms with Crippen LogP contribution >= 0.6 is 46.4 Å². The van der Waals surface area contributed by atoms with E-state index in [1.54, 1.807) is 0 Å². The van der Waals surface area contributed by atoms with Crippen LogP contribution < -0.4 is 0 Å². The molecule has 0 aromatic heterocycles. The maximum Gasteiger partial charge on any atom is 0.283 e. The van der Waals surface area contributed by atoms with E-state index < -0.39 is 20.6 Å². The molecule has 0 aliphatic carbocycles. The van der Waals surface area contributed by atoms with Crippen LogP contribution in [-0.2, 0) is 14.9 Å². The number of benzene rings is 3. The fraction of sp³-hybridized carbons (Fsp3) is 0.0526. The van der Waals surface area contributed by atoms with Crippen molar-refractivity contribution in [1.82, 2.24) is 0 Å². The summed E-state index contributed by atoms with van der Waals surface area (Å²) in [7, 11) is -4.99. The van der Waals surface area contributed by atoms with Gasteiger partial charge in [0.15, 0.2) is 4.75 Å². The van der Waals surface area contributed by atoms with E-state index in [1.165, 1.54) is 48.5 Å². The Morgan fingerprint density at radius 1 is 0.724 bits per heavy atom. The Kier molecular flexibility index (Phi) is 5.98. The van der Waals surface area contributed by atoms with E-state index in [9.17, 15) is 23.2 Å². The van der Waals surface area contributed by atoms with E-state index in [1.807, 2.05) is 0 Å². The Morgan fingerprint density at radius 2 is 1.34 bits per heavy atom. The molecule has 3 aromatic carbocycles. The van der Waals surface area contributed by atoms with Gasteiger partial charge in [0.2, 0.25) is 0 Å². The molecule has 152 valence electrons. The highest BCUT2D eigenvalue weighted by Crippen LogP contribution is 2.48. The Morgan fingerprint density at radius 3 is 1.90 bits per heavy atom. The molecule has 0 aliphatic heterocycles. The highest BCUT2D eigenvalue weighted by molar-refractivity contribution is 7.87. The SMILES string of the molecule is O=S(=O)(O)C(c1cccc(Cl)c1)(c1ccc(O)c(Cl)c1)c1cc(O)c(Cl)c(Cl)c1. The fourth-order valence-electron chi connectivity index (χ4n) is 3.16. The topological polar surface area (TPSA) is 94.8 Å². The van der Waals surface area contributed by atoms with Crippen molar-refractivity contribution in [2.75, 3.05) is 0 Å². The van der Waals surface area contributed by atoms with Crippen LogP contribution in [0.3, 0.4) is 0 Å². The minimum atomic E-state index is -4.99. The van der Waals surface area contributed by atoms with Crippen LogP contribution in [0.2, 0.25) is 20.1 Å². The molecule has 0 heterocycles. The molecule has 3 N–H and O–H groups in total. The van der Waals surface area contributed by atoms with Crippen LogP contribution in [0.25, 0.3) is 0 Å². The highest BCUT2D eigenvalue weighted by Gasteiger charge is 2.49. The summed E-state index contributed by atoms with van der Waals surface area (Å²) in [6, 6.07) is 11.7. The normalized spacial score (nSPS) is 13.8. The lowest BCUT2D eigenvalue weighted by molar-refractivity contribution is 0.455. The molecular weight excluding hydrogens is 482 g/mol. The van der Waals surface area contributed by atoms with Gasteiger partial charge in [0.1, 0.15) is 16.5 Å². The molecule has 0 fully saturated rings. The third-order valence-electron chi connectivity index (χ3n) is 4.39. The monoisotopic (exact) mass is 492 g/mol. The second-order valence-corrected chi connectivity index (χ2v) is 9.32. The first-order valence-corrected chi connectivity index (χ1v) is 10.8. The lowest BCUT2D eigenvalue weighted by Crippen LogP contribution is -2.38. The molecule has 1 unspecified atom stereocenters. The summed E-state index contributed by atoms with van der Waals surface area (Å²) in [5.41, 5.74) is -0.0918. The van der Waals surface area contributed by atoms with E-state index in [0.29, 0.717) is 0 Å². The van der Waals surface area contributed by atoms with Crippen LogP contribution in [-0.4, -0.2) is 23.2 Å². The molecule has 10 heteroatoms. The van der Waals surface area contributed by atoms with Crippen molar-refractivity contribution in [1.29, 1.82) is 0 Å². The summed E-state index contributed by atoms with van der Waals surface area (Å²) in [6.07, 6.45) is 0. The highest BCUT2D eigenvalue weighted by atomic mass is 35.5. The van der Waals surface area contributed by atoms with Crippen LogP contribution in [0.4, 0.5) is 0 Å². The molecule has 29 heavy (non-hydrogen) atoms. The van der Waals surface area contributed by atoms with Gasteiger partial charge in [0, 0.05) is 5.02 Å². The maximum absolute atomic E-state index is 12.9. The predicted octanol–water partition coefficient (Wildman–Crippen LogP) is 5.89. The van der Waals surface area contributed by atoms with Gasteiger partial charge in [-0.05, 0) is 53.1 Å². The predicted molar refractivity (Wildman–Crippen MR) is 114 cm³/mol. The summed E-state index contributed by atoms with van der Waals surface area (Å²) in [5.74, 6) is -0.781. The molecule has 1 atom stereocenters. The molecular formula is C19H12Cl4O5S. The van der Waals surface area contributed by atoms with Crippen molar-refractivity contribution < 1.29 is 23.2 Å². The third-order valence-corrected chi connectivity index (χ3v) is 7.20. The number of halogens is 4. The standard InChI is InChI=1S/C19H12Cl4O5S/c20-13-3-1-2-10(6-13)19(29(26,27)28,11-4-5-16(24)14(21)7-11)12-8-15(22)18(23)17(25)9-12/h1-9,24-25H,(H,26,27,28). The Hall–Kier alpha value is -1.67. The second kappa shape index (κ2) is 7.87. The summed E-state index contributed by atoms with van der Waals surface area (Å²) in [5, 5.41) is 19.7. The molecule has 3 aromatic rings. The zero-order valence-electron chi connectivity index (χ0n) is 14.3. The first-order chi connectivity index (χ1) is 13.5. The van der Waals surface area contributed by atoms with E-state index in [4.69, 9.17) is 46.4 Å². The zero-order chi connectivity index (χ0) is 21.6. The van der Waals surface area contributed by atoms with Gasteiger partial charge in [0.25, 0.3) is 10.1 Å². The maximum atomic E-state index is 12.9. The fourth-order valence-corrected chi connectivity index (χ4v) is 5.12. The number of hydrogen-bond acceptors (Lipinski definition) is 4. The smallest absolute Gasteiger partial charge is 0.283 e. The van der Waals surface area contributed by atoms with E-state index in [2.05, 4.69) is 0 Å². The average Bonchev–Trinajstić information content (AvgIpc) is 2.62. The quantitative estimate of drug-likeness (QED) is 0.311. The lowest BCUT2D eigenvalue weighted by atomic mass is 9.84. The van der Waals surface area contributed by atoms with E-state index in [0.717, 1.165) is 6.07 Å². The molecule has 0 aliphatic rings. The van der Waals surface area contributed by atoms with E-state index >= 15 is 0 Å². The first-order valence-electron chi connectivity index (χ1n) is 7.89. The molecule has 0 saturated carbocycles. The van der Waals surface area contributed by atoms with Crippen LogP contribution in [0.5, 0.6) is 11.5 Å². The molecule has 0 spiro atoms. The van der Waals surface area contributed by atoms with Gasteiger partial charge in [-0.25, -0.2) is 0 Å². The summed E-state index contributed by atoms with van der Waals surface area (Å²) in [4.78, 5) is 0. The Bertz CT molecular complexity index is 1190. The summed E-state index contributed by atoms with van der Waals surface area (Å²) >= 11 is 24.1. The van der Waals surface area contributed by atoms with Crippen molar-refractivity contribution in [2.24, 2.45) is 0 Å². The van der Waals surface area contributed by atoms with Crippen molar-refractivity contribution >= 4 is 56.5 Å². The molecule has 0 saturated heterocycles. The van der Waals surface area contributed by atoms with Crippen LogP contribution in [0, 0.1) is 0 Å². The molecule has 0 amide bonds. The van der Waals surface area contributed by atoms with Crippen molar-refractivity contribution in [3.8, 4) is 11.5 Å². The third kappa shape index (κ3) is 3.77. The summed E-state index contributed by atoms with van der Waals surface area (Å²) in [6.45, 7) is 0. The van der Waals surface area contributed by atoms with Gasteiger partial charge in [-0.2, -0.15) is 8.42 Å². The second-order valence-electron chi connectivity index (χ2n) is 6.12. The Labute approximate surface area is 186 Å². The molecule has 3 rings (SSSR count). The number of aromatic hydroxyl groups is 2. The molecule has 0 bridgehead atoms. The van der Waals surface area contributed by atoms with E-state index in [-0.39, 0.29) is 42.5 Å². The van der Waals surface area contributed by atoms with Crippen molar-refractivity contribution in [3.63, 3.8) is 0 Å². The van der Waals surface area contributed by atoms with Gasteiger partial charge in [-0.3, -0.25) is 4.55 Å². The summed E-state index contributed by atoms with van der Waals surface area (Å²) < 4.78 is 34.0. The van der Waals surface area contributed by atoms with Gasteiger partial charge < -0.3 is 10.2 Å². The van der Waals surface area contributed by atoms with Gasteiger partial charge in [0.05, 0.1) is 10.0 Å². The minimum absolute atomic E-state index is 0.0251. The van der Waals surface area contributed by atoms with Crippen molar-refractivity contribution in [3.05, 3.63) is 91.4 Å². The first kappa shape index (κ1) is 22.0. The van der Waals surface area contributed by atoms with Gasteiger partial charge in [-0.15, -0.1) is 0 Å². The van der Waals surface area contributed by atoms with Gasteiger partial charge in [-0.1, -0.05) is 64.6 Å². The van der Waals surface area contributed by atoms with Crippen LogP contribution in [0.1, 0.15) is 16.7 Å². The van der Waals surface area contributed by atoms with Crippen molar-refractivity contribution in [2.45, 2.75) is 4.75 Å². The number of phenolic OH excluding ortho intramolecular Hbond substituents is 2. The molecule has 0 radical (unpaired) electrons. The zero-order valence-corrected chi connectivity index (χ0v) is 18.1. The number of hydrogen-bond donors (Lipinski definition) is 3. The number of rotatable bonds is 4. The van der Waals surface area contributed by atoms with Crippen LogP contribution in [0.15, 0.2) is 54.6 Å². The van der Waals surface area contributed by atoms with Gasteiger partial charge >= 0.3 is 0 Å². The average molecular weight is 494 g/mol. The molecule has 5 nitrogen and oxygen atoms in total.